The van der Waals surface area contributed by atoms with Gasteiger partial charge in [0.25, 0.3) is 5.91 Å². The number of hydrazone groups is 1. The summed E-state index contributed by atoms with van der Waals surface area (Å²) in [5.74, 6) is 0.885. The molecule has 9 heteroatoms. The van der Waals surface area contributed by atoms with Crippen LogP contribution in [-0.2, 0) is 10.0 Å². The molecule has 33 heavy (non-hydrogen) atoms. The molecule has 0 radical (unpaired) electrons. The van der Waals surface area contributed by atoms with Crippen LogP contribution in [0.5, 0.6) is 11.5 Å². The van der Waals surface area contributed by atoms with E-state index < -0.39 is 10.0 Å². The minimum absolute atomic E-state index is 0.0627. The van der Waals surface area contributed by atoms with E-state index in [9.17, 15) is 13.2 Å². The summed E-state index contributed by atoms with van der Waals surface area (Å²) in [7, 11) is -0.707. The number of amides is 1. The number of carbonyl (C=O) groups is 1. The highest BCUT2D eigenvalue weighted by molar-refractivity contribution is 7.89. The molecule has 1 atom stereocenters. The zero-order chi connectivity index (χ0) is 23.6. The number of hydrogen-bond donors (Lipinski definition) is 1. The molecule has 0 bridgehead atoms. The van der Waals surface area contributed by atoms with Crippen LogP contribution >= 0.6 is 0 Å². The van der Waals surface area contributed by atoms with Crippen molar-refractivity contribution in [3.05, 3.63) is 89.5 Å². The monoisotopic (exact) mass is 465 g/mol. The summed E-state index contributed by atoms with van der Waals surface area (Å²) in [4.78, 5) is 13.3. The maximum absolute atomic E-state index is 13.4. The van der Waals surface area contributed by atoms with Gasteiger partial charge >= 0.3 is 0 Å². The van der Waals surface area contributed by atoms with E-state index in [2.05, 4.69) is 5.10 Å². The van der Waals surface area contributed by atoms with Crippen LogP contribution in [0.3, 0.4) is 0 Å². The van der Waals surface area contributed by atoms with Crippen LogP contribution in [-0.4, -0.2) is 39.3 Å². The molecule has 4 rings (SSSR count). The Hall–Kier alpha value is -3.69. The van der Waals surface area contributed by atoms with E-state index in [-0.39, 0.29) is 16.8 Å². The molecule has 0 saturated heterocycles. The van der Waals surface area contributed by atoms with Crippen molar-refractivity contribution in [2.75, 3.05) is 14.2 Å². The highest BCUT2D eigenvalue weighted by Gasteiger charge is 2.34. The smallest absolute Gasteiger partial charge is 0.274 e. The molecule has 0 saturated carbocycles. The molecule has 3 aromatic carbocycles. The van der Waals surface area contributed by atoms with Crippen LogP contribution in [0.1, 0.15) is 33.9 Å². The third-order valence-corrected chi connectivity index (χ3v) is 6.38. The normalized spacial score (nSPS) is 15.8. The van der Waals surface area contributed by atoms with E-state index in [1.54, 1.807) is 20.3 Å². The topological polar surface area (TPSA) is 111 Å². The Morgan fingerprint density at radius 1 is 1.00 bits per heavy atom. The van der Waals surface area contributed by atoms with Crippen molar-refractivity contribution in [2.45, 2.75) is 17.4 Å². The van der Waals surface area contributed by atoms with E-state index in [0.717, 1.165) is 11.1 Å². The number of nitrogens with two attached hydrogens (primary N) is 1. The number of primary sulfonamides is 1. The molecular weight excluding hydrogens is 442 g/mol. The van der Waals surface area contributed by atoms with Crippen molar-refractivity contribution in [2.24, 2.45) is 10.2 Å². The molecule has 1 heterocycles. The van der Waals surface area contributed by atoms with Crippen molar-refractivity contribution >= 4 is 21.6 Å². The van der Waals surface area contributed by atoms with Crippen LogP contribution in [0.25, 0.3) is 0 Å². The maximum Gasteiger partial charge on any atom is 0.274 e. The number of benzene rings is 3. The summed E-state index contributed by atoms with van der Waals surface area (Å²) in [5, 5.41) is 11.3. The van der Waals surface area contributed by atoms with E-state index in [0.29, 0.717) is 29.2 Å². The molecule has 0 aromatic heterocycles. The van der Waals surface area contributed by atoms with Gasteiger partial charge in [0.2, 0.25) is 10.0 Å². The average Bonchev–Trinajstić information content (AvgIpc) is 3.28. The lowest BCUT2D eigenvalue weighted by molar-refractivity contribution is 0.0711. The Bertz CT molecular complexity index is 1310. The van der Waals surface area contributed by atoms with Gasteiger partial charge in [0.15, 0.2) is 0 Å². The fourth-order valence-corrected chi connectivity index (χ4v) is 4.27. The van der Waals surface area contributed by atoms with Gasteiger partial charge in [-0.3, -0.25) is 4.79 Å². The van der Waals surface area contributed by atoms with Crippen molar-refractivity contribution in [3.63, 3.8) is 0 Å². The zero-order valence-corrected chi connectivity index (χ0v) is 19.0. The number of sulfonamides is 1. The minimum atomic E-state index is -3.85. The van der Waals surface area contributed by atoms with Crippen LogP contribution in [0.4, 0.5) is 0 Å². The van der Waals surface area contributed by atoms with Crippen LogP contribution in [0.2, 0.25) is 0 Å². The van der Waals surface area contributed by atoms with Crippen molar-refractivity contribution < 1.29 is 22.7 Å². The van der Waals surface area contributed by atoms with Crippen LogP contribution < -0.4 is 14.6 Å². The first kappa shape index (κ1) is 22.5. The van der Waals surface area contributed by atoms with E-state index in [1.165, 1.54) is 29.3 Å². The highest BCUT2D eigenvalue weighted by Crippen LogP contribution is 2.37. The predicted molar refractivity (Wildman–Crippen MR) is 124 cm³/mol. The number of methoxy groups -OCH3 is 2. The molecule has 8 nitrogen and oxygen atoms in total. The Labute approximate surface area is 192 Å². The lowest BCUT2D eigenvalue weighted by Gasteiger charge is -2.22. The number of hydrogen-bond acceptors (Lipinski definition) is 6. The van der Waals surface area contributed by atoms with Gasteiger partial charge in [-0.25, -0.2) is 18.6 Å². The van der Waals surface area contributed by atoms with Crippen molar-refractivity contribution in [3.8, 4) is 11.5 Å². The van der Waals surface area contributed by atoms with Gasteiger partial charge in [0.1, 0.15) is 11.5 Å². The third-order valence-electron chi connectivity index (χ3n) is 5.45. The lowest BCUT2D eigenvalue weighted by Crippen LogP contribution is -2.27. The molecule has 2 N–H and O–H groups in total. The molecule has 170 valence electrons. The summed E-state index contributed by atoms with van der Waals surface area (Å²) in [5.41, 5.74) is 2.69. The lowest BCUT2D eigenvalue weighted by atomic mass is 9.97. The molecular formula is C24H23N3O5S. The van der Waals surface area contributed by atoms with Crippen LogP contribution in [0.15, 0.2) is 82.8 Å². The maximum atomic E-state index is 13.4. The van der Waals surface area contributed by atoms with Crippen molar-refractivity contribution in [1.29, 1.82) is 0 Å². The van der Waals surface area contributed by atoms with Crippen LogP contribution in [0, 0.1) is 0 Å². The first-order valence-corrected chi connectivity index (χ1v) is 11.7. The van der Waals surface area contributed by atoms with Gasteiger partial charge in [-0.2, -0.15) is 5.10 Å². The Kier molecular flexibility index (Phi) is 6.17. The molecule has 0 fully saturated rings. The summed E-state index contributed by atoms with van der Waals surface area (Å²) in [6.07, 6.45) is 0.480. The Morgan fingerprint density at radius 2 is 1.70 bits per heavy atom. The molecule has 0 spiro atoms. The molecule has 1 aliphatic heterocycles. The Morgan fingerprint density at radius 3 is 2.30 bits per heavy atom. The van der Waals surface area contributed by atoms with Gasteiger partial charge < -0.3 is 9.47 Å². The van der Waals surface area contributed by atoms with Gasteiger partial charge in [-0.1, -0.05) is 30.3 Å². The first-order valence-electron chi connectivity index (χ1n) is 10.1. The van der Waals surface area contributed by atoms with Crippen molar-refractivity contribution in [1.82, 2.24) is 5.01 Å². The minimum Gasteiger partial charge on any atom is -0.497 e. The highest BCUT2D eigenvalue weighted by atomic mass is 32.2. The number of ether oxygens (including phenoxy) is 2. The van der Waals surface area contributed by atoms with Gasteiger partial charge in [-0.15, -0.1) is 0 Å². The van der Waals surface area contributed by atoms with E-state index >= 15 is 0 Å². The van der Waals surface area contributed by atoms with Gasteiger partial charge in [-0.05, 0) is 42.0 Å². The standard InChI is InChI=1S/C24H23N3O5S/c1-31-18-10-13-20(23(14-18)32-2)21-15-22(16-6-4-3-5-7-16)27(26-21)24(28)17-8-11-19(12-9-17)33(25,29)30/h3-14,22H,15H2,1-2H3,(H2,25,29,30). The van der Waals surface area contributed by atoms with E-state index in [1.807, 2.05) is 42.5 Å². The summed E-state index contributed by atoms with van der Waals surface area (Å²) < 4.78 is 33.9. The summed E-state index contributed by atoms with van der Waals surface area (Å²) in [6, 6.07) is 20.2. The SMILES string of the molecule is COc1ccc(C2=NN(C(=O)c3ccc(S(N)(=O)=O)cc3)C(c3ccccc3)C2)c(OC)c1. The predicted octanol–water partition coefficient (Wildman–Crippen LogP) is 3.34. The fraction of sp³-hybridized carbons (Fsp3) is 0.167. The van der Waals surface area contributed by atoms with E-state index in [4.69, 9.17) is 14.6 Å². The van der Waals surface area contributed by atoms with Gasteiger partial charge in [0, 0.05) is 23.6 Å². The second kappa shape index (κ2) is 9.05. The average molecular weight is 466 g/mol. The first-order chi connectivity index (χ1) is 15.8. The zero-order valence-electron chi connectivity index (χ0n) is 18.1. The molecule has 3 aromatic rings. The fourth-order valence-electron chi connectivity index (χ4n) is 3.75. The number of nitrogens with zero attached hydrogens (tertiary/aromatic N) is 2. The molecule has 0 aliphatic carbocycles. The molecule has 1 aliphatic rings. The summed E-state index contributed by atoms with van der Waals surface area (Å²) >= 11 is 0. The second-order valence-corrected chi connectivity index (χ2v) is 9.02. The Balaban J connectivity index is 1.74. The number of carbonyl (C=O) groups excluding carboxylic acids is 1. The second-order valence-electron chi connectivity index (χ2n) is 7.46. The molecule has 1 unspecified atom stereocenters. The third kappa shape index (κ3) is 4.59. The molecule has 1 amide bonds. The quantitative estimate of drug-likeness (QED) is 0.600. The van der Waals surface area contributed by atoms with Gasteiger partial charge in [0.05, 0.1) is 30.9 Å². The summed E-state index contributed by atoms with van der Waals surface area (Å²) in [6.45, 7) is 0. The largest absolute Gasteiger partial charge is 0.497 e. The number of rotatable bonds is 6.